The van der Waals surface area contributed by atoms with Crippen molar-refractivity contribution in [1.29, 1.82) is 0 Å². The summed E-state index contributed by atoms with van der Waals surface area (Å²) >= 11 is 0. The third-order valence-electron chi connectivity index (χ3n) is 5.72. The first-order valence-electron chi connectivity index (χ1n) is 9.71. The zero-order chi connectivity index (χ0) is 18.7. The molecular weight excluding hydrogens is 344 g/mol. The smallest absolute Gasteiger partial charge is 0.317 e. The third-order valence-corrected chi connectivity index (χ3v) is 5.72. The van der Waals surface area contributed by atoms with Crippen LogP contribution in [0.4, 0.5) is 4.79 Å². The van der Waals surface area contributed by atoms with Gasteiger partial charge in [0.25, 0.3) is 0 Å². The van der Waals surface area contributed by atoms with Gasteiger partial charge in [0.15, 0.2) is 0 Å². The van der Waals surface area contributed by atoms with Gasteiger partial charge < -0.3 is 19.5 Å². The van der Waals surface area contributed by atoms with Gasteiger partial charge in [-0.25, -0.2) is 4.79 Å². The minimum atomic E-state index is -0.0533. The molecule has 2 aliphatic rings. The van der Waals surface area contributed by atoms with Gasteiger partial charge in [-0.05, 0) is 19.3 Å². The fraction of sp³-hybridized carbons (Fsp3) is 0.550. The Labute approximate surface area is 159 Å². The van der Waals surface area contributed by atoms with Crippen LogP contribution in [0, 0.1) is 5.41 Å². The number of amides is 2. The predicted octanol–water partition coefficient (Wildman–Crippen LogP) is 3.05. The lowest BCUT2D eigenvalue weighted by Crippen LogP contribution is -2.41. The van der Waals surface area contributed by atoms with Gasteiger partial charge in [0.2, 0.25) is 11.7 Å². The maximum atomic E-state index is 12.6. The van der Waals surface area contributed by atoms with Gasteiger partial charge in [-0.3, -0.25) is 0 Å². The van der Waals surface area contributed by atoms with E-state index in [0.29, 0.717) is 44.6 Å². The van der Waals surface area contributed by atoms with E-state index in [2.05, 4.69) is 17.4 Å². The average Bonchev–Trinajstić information content (AvgIpc) is 3.33. The molecule has 3 heterocycles. The van der Waals surface area contributed by atoms with Gasteiger partial charge in [0, 0.05) is 43.8 Å². The summed E-state index contributed by atoms with van der Waals surface area (Å²) < 4.78 is 11.3. The van der Waals surface area contributed by atoms with Gasteiger partial charge in [-0.1, -0.05) is 42.4 Å². The van der Waals surface area contributed by atoms with Crippen LogP contribution in [0.5, 0.6) is 0 Å². The summed E-state index contributed by atoms with van der Waals surface area (Å²) in [6.45, 7) is 5.47. The second-order valence-electron chi connectivity index (χ2n) is 7.46. The first kappa shape index (κ1) is 18.0. The van der Waals surface area contributed by atoms with Crippen molar-refractivity contribution in [2.75, 3.05) is 32.8 Å². The van der Waals surface area contributed by atoms with Crippen LogP contribution in [0.15, 0.2) is 34.9 Å². The molecule has 2 saturated heterocycles. The standard InChI is InChI=1S/C20H26N4O3/c1-2-10-21-19(25)24-13-16(20(14-24)8-11-26-12-9-20)18-22-17(23-27-18)15-6-4-3-5-7-15/h3-7,16H,2,8-14H2,1H3,(H,21,25)/t16-/m1/s1. The van der Waals surface area contributed by atoms with Crippen LogP contribution in [0.25, 0.3) is 11.4 Å². The highest BCUT2D eigenvalue weighted by atomic mass is 16.5. The zero-order valence-electron chi connectivity index (χ0n) is 15.7. The normalized spacial score (nSPS) is 21.5. The summed E-state index contributed by atoms with van der Waals surface area (Å²) in [5.74, 6) is 1.27. The summed E-state index contributed by atoms with van der Waals surface area (Å²) in [6.07, 6.45) is 2.72. The van der Waals surface area contributed by atoms with Gasteiger partial charge in [0.1, 0.15) is 0 Å². The van der Waals surface area contributed by atoms with E-state index in [-0.39, 0.29) is 17.4 Å². The van der Waals surface area contributed by atoms with Crippen molar-refractivity contribution >= 4 is 6.03 Å². The molecule has 1 spiro atoms. The SMILES string of the molecule is CCCNC(=O)N1C[C@H](c2nc(-c3ccccc3)no2)C2(CCOCC2)C1. The molecule has 0 aliphatic carbocycles. The van der Waals surface area contributed by atoms with Crippen molar-refractivity contribution in [2.45, 2.75) is 32.1 Å². The number of likely N-dealkylation sites (tertiary alicyclic amines) is 1. The number of nitrogens with one attached hydrogen (secondary N) is 1. The summed E-state index contributed by atoms with van der Waals surface area (Å²) in [5.41, 5.74) is 0.881. The summed E-state index contributed by atoms with van der Waals surface area (Å²) in [4.78, 5) is 19.1. The van der Waals surface area contributed by atoms with Gasteiger partial charge in [-0.15, -0.1) is 0 Å². The van der Waals surface area contributed by atoms with Crippen molar-refractivity contribution in [3.05, 3.63) is 36.2 Å². The summed E-state index contributed by atoms with van der Waals surface area (Å²) in [7, 11) is 0. The lowest BCUT2D eigenvalue weighted by atomic mass is 9.72. The van der Waals surface area contributed by atoms with E-state index in [4.69, 9.17) is 14.2 Å². The molecule has 27 heavy (non-hydrogen) atoms. The number of ether oxygens (including phenoxy) is 1. The molecule has 1 aromatic carbocycles. The highest BCUT2D eigenvalue weighted by Gasteiger charge is 2.51. The van der Waals surface area contributed by atoms with Gasteiger partial charge in [-0.2, -0.15) is 4.98 Å². The highest BCUT2D eigenvalue weighted by molar-refractivity contribution is 5.74. The van der Waals surface area contributed by atoms with E-state index >= 15 is 0 Å². The molecule has 4 rings (SSSR count). The van der Waals surface area contributed by atoms with Crippen LogP contribution in [-0.2, 0) is 4.74 Å². The number of hydrogen-bond acceptors (Lipinski definition) is 5. The number of hydrogen-bond donors (Lipinski definition) is 1. The van der Waals surface area contributed by atoms with Crippen molar-refractivity contribution in [2.24, 2.45) is 5.41 Å². The third kappa shape index (κ3) is 3.56. The van der Waals surface area contributed by atoms with Crippen LogP contribution in [0.1, 0.15) is 38.0 Å². The monoisotopic (exact) mass is 370 g/mol. The Kier molecular flexibility index (Phi) is 5.11. The first-order chi connectivity index (χ1) is 13.2. The number of benzene rings is 1. The van der Waals surface area contributed by atoms with Crippen LogP contribution in [0.3, 0.4) is 0 Å². The molecule has 7 heteroatoms. The first-order valence-corrected chi connectivity index (χ1v) is 9.71. The fourth-order valence-corrected chi connectivity index (χ4v) is 4.17. The molecule has 0 unspecified atom stereocenters. The van der Waals surface area contributed by atoms with E-state index in [1.54, 1.807) is 0 Å². The Morgan fingerprint density at radius 2 is 2.07 bits per heavy atom. The molecule has 2 fully saturated rings. The van der Waals surface area contributed by atoms with Crippen molar-refractivity contribution < 1.29 is 14.1 Å². The minimum absolute atomic E-state index is 0.00647. The largest absolute Gasteiger partial charge is 0.381 e. The number of carbonyl (C=O) groups excluding carboxylic acids is 1. The van der Waals surface area contributed by atoms with Crippen molar-refractivity contribution in [1.82, 2.24) is 20.4 Å². The van der Waals surface area contributed by atoms with E-state index in [0.717, 1.165) is 24.8 Å². The lowest BCUT2D eigenvalue weighted by Gasteiger charge is -2.36. The molecule has 7 nitrogen and oxygen atoms in total. The lowest BCUT2D eigenvalue weighted by molar-refractivity contribution is 0.00943. The van der Waals surface area contributed by atoms with Crippen LogP contribution in [0.2, 0.25) is 0 Å². The highest BCUT2D eigenvalue weighted by Crippen LogP contribution is 2.49. The maximum absolute atomic E-state index is 12.6. The Bertz CT molecular complexity index is 771. The van der Waals surface area contributed by atoms with E-state index in [9.17, 15) is 4.79 Å². The molecule has 2 aliphatic heterocycles. The van der Waals surface area contributed by atoms with E-state index in [1.165, 1.54) is 0 Å². The molecule has 0 radical (unpaired) electrons. The van der Waals surface area contributed by atoms with Crippen molar-refractivity contribution in [3.8, 4) is 11.4 Å². The fourth-order valence-electron chi connectivity index (χ4n) is 4.17. The molecule has 1 atom stereocenters. The molecule has 0 saturated carbocycles. The Morgan fingerprint density at radius 1 is 1.30 bits per heavy atom. The molecule has 0 bridgehead atoms. The number of urea groups is 1. The Hall–Kier alpha value is -2.41. The number of rotatable bonds is 4. The van der Waals surface area contributed by atoms with Crippen LogP contribution in [-0.4, -0.2) is 53.9 Å². The van der Waals surface area contributed by atoms with Gasteiger partial charge >= 0.3 is 6.03 Å². The number of carbonyl (C=O) groups is 1. The molecule has 2 amide bonds. The zero-order valence-corrected chi connectivity index (χ0v) is 15.7. The van der Waals surface area contributed by atoms with E-state index < -0.39 is 0 Å². The average molecular weight is 370 g/mol. The predicted molar refractivity (Wildman–Crippen MR) is 100 cm³/mol. The quantitative estimate of drug-likeness (QED) is 0.895. The van der Waals surface area contributed by atoms with Crippen molar-refractivity contribution in [3.63, 3.8) is 0 Å². The number of aromatic nitrogens is 2. The topological polar surface area (TPSA) is 80.5 Å². The van der Waals surface area contributed by atoms with Gasteiger partial charge in [0.05, 0.1) is 5.92 Å². The second-order valence-corrected chi connectivity index (χ2v) is 7.46. The summed E-state index contributed by atoms with van der Waals surface area (Å²) in [5, 5.41) is 7.18. The number of nitrogens with zero attached hydrogens (tertiary/aromatic N) is 3. The van der Waals surface area contributed by atoms with Crippen LogP contribution >= 0.6 is 0 Å². The minimum Gasteiger partial charge on any atom is -0.381 e. The molecule has 2 aromatic rings. The summed E-state index contributed by atoms with van der Waals surface area (Å²) in [6, 6.07) is 9.82. The Morgan fingerprint density at radius 3 is 2.81 bits per heavy atom. The maximum Gasteiger partial charge on any atom is 0.317 e. The molecule has 1 N–H and O–H groups in total. The molecule has 1 aromatic heterocycles. The van der Waals surface area contributed by atoms with E-state index in [1.807, 2.05) is 35.2 Å². The van der Waals surface area contributed by atoms with Crippen LogP contribution < -0.4 is 5.32 Å². The Balaban J connectivity index is 1.59. The molecule has 144 valence electrons. The second kappa shape index (κ2) is 7.68. The molecular formula is C20H26N4O3.